The first kappa shape index (κ1) is 18.1. The van der Waals surface area contributed by atoms with E-state index < -0.39 is 17.9 Å². The lowest BCUT2D eigenvalue weighted by molar-refractivity contribution is -0.142. The second-order valence-corrected chi connectivity index (χ2v) is 6.36. The molecule has 0 spiro atoms. The third kappa shape index (κ3) is 4.41. The minimum Gasteiger partial charge on any atom is -0.480 e. The highest BCUT2D eigenvalue weighted by Crippen LogP contribution is 2.14. The molecule has 0 radical (unpaired) electrons. The summed E-state index contributed by atoms with van der Waals surface area (Å²) in [7, 11) is 0. The lowest BCUT2D eigenvalue weighted by Gasteiger charge is -2.14. The van der Waals surface area contributed by atoms with Crippen LogP contribution in [0.2, 0.25) is 0 Å². The van der Waals surface area contributed by atoms with Crippen LogP contribution in [0.4, 0.5) is 0 Å². The van der Waals surface area contributed by atoms with Gasteiger partial charge in [0.1, 0.15) is 12.6 Å². The molecule has 1 aromatic carbocycles. The number of unbranched alkanes of at least 4 members (excludes halogenated alkanes) is 1. The average Bonchev–Trinajstić information content (AvgIpc) is 2.54. The third-order valence-electron chi connectivity index (χ3n) is 3.58. The molecule has 2 N–H and O–H groups in total. The van der Waals surface area contributed by atoms with Gasteiger partial charge < -0.3 is 10.4 Å². The molecule has 0 fully saturated rings. The van der Waals surface area contributed by atoms with Crippen molar-refractivity contribution >= 4 is 38.7 Å². The number of carbonyl (C=O) groups is 2. The van der Waals surface area contributed by atoms with Crippen molar-refractivity contribution in [2.24, 2.45) is 0 Å². The second-order valence-electron chi connectivity index (χ2n) is 5.44. The molecule has 24 heavy (non-hydrogen) atoms. The number of aliphatic carboxylic acids is 1. The summed E-state index contributed by atoms with van der Waals surface area (Å²) in [6, 6.07) is 4.17. The third-order valence-corrected chi connectivity index (χ3v) is 4.07. The summed E-state index contributed by atoms with van der Waals surface area (Å²) in [4.78, 5) is 39.8. The van der Waals surface area contributed by atoms with Crippen LogP contribution in [0, 0.1) is 0 Å². The van der Waals surface area contributed by atoms with Gasteiger partial charge in [-0.2, -0.15) is 0 Å². The highest BCUT2D eigenvalue weighted by atomic mass is 79.9. The van der Waals surface area contributed by atoms with Crippen LogP contribution in [-0.2, 0) is 16.1 Å². The van der Waals surface area contributed by atoms with E-state index in [9.17, 15) is 14.4 Å². The predicted molar refractivity (Wildman–Crippen MR) is 92.8 cm³/mol. The molecule has 0 unspecified atom stereocenters. The summed E-state index contributed by atoms with van der Waals surface area (Å²) in [5.74, 6) is -1.61. The molecule has 7 nitrogen and oxygen atoms in total. The number of benzene rings is 1. The molecule has 1 heterocycles. The Morgan fingerprint density at radius 3 is 2.83 bits per heavy atom. The molecule has 2 aromatic rings. The zero-order chi connectivity index (χ0) is 17.7. The van der Waals surface area contributed by atoms with Crippen LogP contribution in [0.5, 0.6) is 0 Å². The van der Waals surface area contributed by atoms with Crippen LogP contribution in [0.15, 0.2) is 33.8 Å². The van der Waals surface area contributed by atoms with Crippen molar-refractivity contribution in [1.82, 2.24) is 14.9 Å². The summed E-state index contributed by atoms with van der Waals surface area (Å²) >= 11 is 3.29. The molecule has 0 aliphatic rings. The Balaban J connectivity index is 2.16. The van der Waals surface area contributed by atoms with E-state index in [1.165, 1.54) is 10.9 Å². The number of carboxylic acid groups (broad SMARTS) is 1. The monoisotopic (exact) mass is 395 g/mol. The predicted octanol–water partition coefficient (Wildman–Crippen LogP) is 1.92. The number of amides is 1. The first-order valence-electron chi connectivity index (χ1n) is 7.59. The second kappa shape index (κ2) is 8.05. The summed E-state index contributed by atoms with van der Waals surface area (Å²) in [5.41, 5.74) is 0.183. The van der Waals surface area contributed by atoms with Gasteiger partial charge >= 0.3 is 5.97 Å². The maximum atomic E-state index is 12.4. The van der Waals surface area contributed by atoms with Crippen LogP contribution >= 0.6 is 15.9 Å². The van der Waals surface area contributed by atoms with Crippen molar-refractivity contribution in [2.45, 2.75) is 38.8 Å². The quantitative estimate of drug-likeness (QED) is 0.745. The highest BCUT2D eigenvalue weighted by Gasteiger charge is 2.19. The summed E-state index contributed by atoms with van der Waals surface area (Å²) < 4.78 is 1.91. The van der Waals surface area contributed by atoms with Crippen LogP contribution < -0.4 is 10.9 Å². The van der Waals surface area contributed by atoms with Gasteiger partial charge in [0.25, 0.3) is 5.56 Å². The largest absolute Gasteiger partial charge is 0.480 e. The van der Waals surface area contributed by atoms with Crippen LogP contribution in [-0.4, -0.2) is 32.6 Å². The number of hydrogen-bond donors (Lipinski definition) is 2. The molecular weight excluding hydrogens is 378 g/mol. The fraction of sp³-hybridized carbons (Fsp3) is 0.375. The van der Waals surface area contributed by atoms with Crippen molar-refractivity contribution in [1.29, 1.82) is 0 Å². The minimum absolute atomic E-state index is 0.274. The Hall–Kier alpha value is -2.22. The molecule has 1 atom stereocenters. The fourth-order valence-corrected chi connectivity index (χ4v) is 2.67. The zero-order valence-electron chi connectivity index (χ0n) is 13.2. The van der Waals surface area contributed by atoms with Gasteiger partial charge in [-0.3, -0.25) is 14.2 Å². The van der Waals surface area contributed by atoms with E-state index in [4.69, 9.17) is 5.11 Å². The SMILES string of the molecule is CCCC[C@H](NC(=O)Cn1cnc2ccc(Br)cc2c1=O)C(=O)O. The molecule has 1 amide bonds. The zero-order valence-corrected chi connectivity index (χ0v) is 14.7. The number of nitrogens with one attached hydrogen (secondary N) is 1. The fourth-order valence-electron chi connectivity index (χ4n) is 2.30. The number of rotatable bonds is 7. The Labute approximate surface area is 146 Å². The van der Waals surface area contributed by atoms with E-state index >= 15 is 0 Å². The summed E-state index contributed by atoms with van der Waals surface area (Å²) in [5, 5.41) is 12.0. The molecule has 0 saturated heterocycles. The molecule has 128 valence electrons. The number of carbonyl (C=O) groups excluding carboxylic acids is 1. The molecule has 1 aromatic heterocycles. The molecule has 8 heteroatoms. The van der Waals surface area contributed by atoms with Crippen LogP contribution in [0.3, 0.4) is 0 Å². The van der Waals surface area contributed by atoms with Crippen molar-refractivity contribution in [3.05, 3.63) is 39.4 Å². The number of aromatic nitrogens is 2. The Bertz CT molecular complexity index is 819. The number of nitrogens with zero attached hydrogens (tertiary/aromatic N) is 2. The molecule has 0 aliphatic carbocycles. The van der Waals surface area contributed by atoms with Crippen molar-refractivity contribution in [3.8, 4) is 0 Å². The topological polar surface area (TPSA) is 101 Å². The minimum atomic E-state index is -1.08. The van der Waals surface area contributed by atoms with Crippen molar-refractivity contribution in [3.63, 3.8) is 0 Å². The van der Waals surface area contributed by atoms with Gasteiger partial charge in [-0.25, -0.2) is 9.78 Å². The van der Waals surface area contributed by atoms with Gasteiger partial charge in [0, 0.05) is 4.47 Å². The van der Waals surface area contributed by atoms with Gasteiger partial charge in [0.05, 0.1) is 17.2 Å². The molecule has 0 saturated carbocycles. The molecule has 2 rings (SSSR count). The maximum Gasteiger partial charge on any atom is 0.326 e. The van der Waals surface area contributed by atoms with E-state index in [1.54, 1.807) is 18.2 Å². The van der Waals surface area contributed by atoms with E-state index in [2.05, 4.69) is 26.2 Å². The van der Waals surface area contributed by atoms with E-state index in [-0.39, 0.29) is 12.1 Å². The first-order valence-corrected chi connectivity index (χ1v) is 8.38. The first-order chi connectivity index (χ1) is 11.4. The maximum absolute atomic E-state index is 12.4. The van der Waals surface area contributed by atoms with Gasteiger partial charge in [-0.05, 0) is 24.6 Å². The Morgan fingerprint density at radius 2 is 2.17 bits per heavy atom. The van der Waals surface area contributed by atoms with Gasteiger partial charge in [0.15, 0.2) is 0 Å². The van der Waals surface area contributed by atoms with E-state index in [0.29, 0.717) is 23.7 Å². The molecular formula is C16H18BrN3O4. The average molecular weight is 396 g/mol. The summed E-state index contributed by atoms with van der Waals surface area (Å²) in [6.07, 6.45) is 3.18. The van der Waals surface area contributed by atoms with Crippen molar-refractivity contribution < 1.29 is 14.7 Å². The van der Waals surface area contributed by atoms with Gasteiger partial charge in [-0.15, -0.1) is 0 Å². The number of hydrogen-bond acceptors (Lipinski definition) is 4. The smallest absolute Gasteiger partial charge is 0.326 e. The normalized spacial score (nSPS) is 12.1. The standard InChI is InChI=1S/C16H18BrN3O4/c1-2-3-4-13(16(23)24)19-14(21)8-20-9-18-12-6-5-10(17)7-11(12)15(20)22/h5-7,9,13H,2-4,8H2,1H3,(H,19,21)(H,23,24)/t13-/m0/s1. The van der Waals surface area contributed by atoms with E-state index in [0.717, 1.165) is 10.9 Å². The Morgan fingerprint density at radius 1 is 1.42 bits per heavy atom. The number of carboxylic acids is 1. The van der Waals surface area contributed by atoms with Crippen molar-refractivity contribution in [2.75, 3.05) is 0 Å². The Kier molecular flexibility index (Phi) is 6.08. The number of fused-ring (bicyclic) bond motifs is 1. The molecule has 0 aliphatic heterocycles. The van der Waals surface area contributed by atoms with Gasteiger partial charge in [-0.1, -0.05) is 35.7 Å². The summed E-state index contributed by atoms with van der Waals surface area (Å²) in [6.45, 7) is 1.67. The van der Waals surface area contributed by atoms with E-state index in [1.807, 2.05) is 6.92 Å². The number of halogens is 1. The van der Waals surface area contributed by atoms with Gasteiger partial charge in [0.2, 0.25) is 5.91 Å². The lowest BCUT2D eigenvalue weighted by Crippen LogP contribution is -2.43. The van der Waals surface area contributed by atoms with Crippen LogP contribution in [0.25, 0.3) is 10.9 Å². The lowest BCUT2D eigenvalue weighted by atomic mass is 10.1. The molecule has 0 bridgehead atoms. The van der Waals surface area contributed by atoms with Crippen LogP contribution in [0.1, 0.15) is 26.2 Å². The highest BCUT2D eigenvalue weighted by molar-refractivity contribution is 9.10.